The van der Waals surface area contributed by atoms with Gasteiger partial charge in [-0.25, -0.2) is 4.79 Å². The van der Waals surface area contributed by atoms with E-state index in [0.29, 0.717) is 17.2 Å². The number of carboxylic acids is 1. The lowest BCUT2D eigenvalue weighted by molar-refractivity contribution is -0.146. The molecule has 1 aromatic carbocycles. The number of carbonyl (C=O) groups is 2. The molecule has 2 aromatic rings. The van der Waals surface area contributed by atoms with Crippen LogP contribution in [0, 0.1) is 0 Å². The molecule has 126 valence electrons. The van der Waals surface area contributed by atoms with Gasteiger partial charge in [-0.15, -0.1) is 0 Å². The number of hydrogen-bond donors (Lipinski definition) is 2. The third kappa shape index (κ3) is 3.04. The second kappa shape index (κ2) is 6.11. The molecule has 0 saturated heterocycles. The third-order valence-electron chi connectivity index (χ3n) is 4.69. The quantitative estimate of drug-likeness (QED) is 0.883. The molecule has 1 saturated carbocycles. The first kappa shape index (κ1) is 16.2. The Morgan fingerprint density at radius 1 is 1.25 bits per heavy atom. The van der Waals surface area contributed by atoms with Crippen LogP contribution < -0.4 is 5.32 Å². The minimum atomic E-state index is -1.17. The summed E-state index contributed by atoms with van der Waals surface area (Å²) in [7, 11) is 0. The Balaban J connectivity index is 1.68. The van der Waals surface area contributed by atoms with Crippen LogP contribution in [0.1, 0.15) is 54.9 Å². The lowest BCUT2D eigenvalue weighted by Crippen LogP contribution is -2.35. The van der Waals surface area contributed by atoms with Gasteiger partial charge in [-0.3, -0.25) is 9.48 Å². The molecule has 0 aliphatic heterocycles. The first-order valence-corrected chi connectivity index (χ1v) is 8.08. The molecule has 3 rings (SSSR count). The van der Waals surface area contributed by atoms with Gasteiger partial charge in [0, 0.05) is 11.8 Å². The first-order chi connectivity index (χ1) is 11.4. The summed E-state index contributed by atoms with van der Waals surface area (Å²) in [5.41, 5.74) is 1.16. The summed E-state index contributed by atoms with van der Waals surface area (Å²) < 4.78 is 1.32. The van der Waals surface area contributed by atoms with E-state index in [1.165, 1.54) is 41.9 Å². The van der Waals surface area contributed by atoms with Crippen molar-refractivity contribution in [2.75, 3.05) is 5.32 Å². The lowest BCUT2D eigenvalue weighted by atomic mass is 9.80. The van der Waals surface area contributed by atoms with Gasteiger partial charge in [0.2, 0.25) is 0 Å². The monoisotopic (exact) mass is 327 g/mol. The fourth-order valence-electron chi connectivity index (χ4n) is 2.64. The number of aromatic nitrogens is 2. The van der Waals surface area contributed by atoms with Gasteiger partial charge in [0.1, 0.15) is 0 Å². The van der Waals surface area contributed by atoms with E-state index in [1.54, 1.807) is 13.8 Å². The molecule has 6 nitrogen and oxygen atoms in total. The Labute approximate surface area is 140 Å². The van der Waals surface area contributed by atoms with Gasteiger partial charge < -0.3 is 10.4 Å². The Morgan fingerprint density at radius 2 is 1.92 bits per heavy atom. The van der Waals surface area contributed by atoms with E-state index in [4.69, 9.17) is 0 Å². The summed E-state index contributed by atoms with van der Waals surface area (Å²) >= 11 is 0. The zero-order chi connectivity index (χ0) is 17.3. The van der Waals surface area contributed by atoms with Crippen LogP contribution in [0.2, 0.25) is 0 Å². The molecular formula is C18H21N3O3. The Morgan fingerprint density at radius 3 is 2.46 bits per heavy atom. The van der Waals surface area contributed by atoms with Crippen LogP contribution in [0.3, 0.4) is 0 Å². The van der Waals surface area contributed by atoms with Crippen LogP contribution in [0.5, 0.6) is 0 Å². The largest absolute Gasteiger partial charge is 0.479 e. The van der Waals surface area contributed by atoms with Crippen LogP contribution in [-0.4, -0.2) is 26.8 Å². The molecule has 1 aliphatic carbocycles. The van der Waals surface area contributed by atoms with Crippen molar-refractivity contribution >= 4 is 17.6 Å². The summed E-state index contributed by atoms with van der Waals surface area (Å²) in [6.45, 7) is 3.10. The molecule has 2 N–H and O–H groups in total. The number of amides is 1. The molecule has 1 fully saturated rings. The SMILES string of the molecule is CC(C)(C(=O)O)n1cc(NC(=O)c2ccc(C3CCC3)cc2)cn1. The fourth-order valence-corrected chi connectivity index (χ4v) is 2.64. The molecule has 0 bridgehead atoms. The van der Waals surface area contributed by atoms with Crippen molar-refractivity contribution in [2.24, 2.45) is 0 Å². The molecule has 24 heavy (non-hydrogen) atoms. The molecule has 6 heteroatoms. The number of aliphatic carboxylic acids is 1. The van der Waals surface area contributed by atoms with E-state index in [9.17, 15) is 14.7 Å². The standard InChI is InChI=1S/C18H21N3O3/c1-18(2,17(23)24)21-11-15(10-19-21)20-16(22)14-8-6-13(7-9-14)12-4-3-5-12/h6-12H,3-5H2,1-2H3,(H,20,22)(H,23,24). The highest BCUT2D eigenvalue weighted by atomic mass is 16.4. The molecule has 1 amide bonds. The minimum absolute atomic E-state index is 0.233. The van der Waals surface area contributed by atoms with Crippen LogP contribution in [0.4, 0.5) is 5.69 Å². The van der Waals surface area contributed by atoms with Crippen molar-refractivity contribution in [3.8, 4) is 0 Å². The summed E-state index contributed by atoms with van der Waals surface area (Å²) in [4.78, 5) is 23.5. The maximum atomic E-state index is 12.3. The van der Waals surface area contributed by atoms with Gasteiger partial charge >= 0.3 is 5.97 Å². The fraction of sp³-hybridized carbons (Fsp3) is 0.389. The molecule has 0 radical (unpaired) electrons. The number of nitrogens with one attached hydrogen (secondary N) is 1. The molecule has 1 heterocycles. The van der Waals surface area contributed by atoms with Crippen molar-refractivity contribution in [3.05, 3.63) is 47.8 Å². The average molecular weight is 327 g/mol. The number of hydrogen-bond acceptors (Lipinski definition) is 3. The predicted molar refractivity (Wildman–Crippen MR) is 90.2 cm³/mol. The second-order valence-electron chi connectivity index (χ2n) is 6.74. The van der Waals surface area contributed by atoms with Crippen molar-refractivity contribution in [1.29, 1.82) is 0 Å². The lowest BCUT2D eigenvalue weighted by Gasteiger charge is -2.25. The van der Waals surface area contributed by atoms with Crippen molar-refractivity contribution in [2.45, 2.75) is 44.6 Å². The van der Waals surface area contributed by atoms with Gasteiger partial charge in [0.05, 0.1) is 11.9 Å². The predicted octanol–water partition coefficient (Wildman–Crippen LogP) is 3.22. The summed E-state index contributed by atoms with van der Waals surface area (Å²) in [5.74, 6) is -0.587. The highest BCUT2D eigenvalue weighted by Gasteiger charge is 2.30. The van der Waals surface area contributed by atoms with Gasteiger partial charge in [-0.2, -0.15) is 5.10 Å². The maximum absolute atomic E-state index is 12.3. The van der Waals surface area contributed by atoms with Crippen LogP contribution in [-0.2, 0) is 10.3 Å². The molecular weight excluding hydrogens is 306 g/mol. The number of nitrogens with zero attached hydrogens (tertiary/aromatic N) is 2. The van der Waals surface area contributed by atoms with E-state index >= 15 is 0 Å². The number of carboxylic acid groups (broad SMARTS) is 1. The Kier molecular flexibility index (Phi) is 4.13. The zero-order valence-electron chi connectivity index (χ0n) is 13.8. The third-order valence-corrected chi connectivity index (χ3v) is 4.69. The van der Waals surface area contributed by atoms with E-state index in [1.807, 2.05) is 24.3 Å². The van der Waals surface area contributed by atoms with Crippen LogP contribution in [0.25, 0.3) is 0 Å². The molecule has 1 aliphatic rings. The van der Waals surface area contributed by atoms with Gasteiger partial charge in [-0.05, 0) is 50.3 Å². The summed E-state index contributed by atoms with van der Waals surface area (Å²) in [5, 5.41) is 16.0. The smallest absolute Gasteiger partial charge is 0.331 e. The minimum Gasteiger partial charge on any atom is -0.479 e. The van der Waals surface area contributed by atoms with E-state index in [-0.39, 0.29) is 5.91 Å². The van der Waals surface area contributed by atoms with Crippen LogP contribution >= 0.6 is 0 Å². The van der Waals surface area contributed by atoms with Crippen molar-refractivity contribution < 1.29 is 14.7 Å². The van der Waals surface area contributed by atoms with Crippen molar-refractivity contribution in [3.63, 3.8) is 0 Å². The zero-order valence-corrected chi connectivity index (χ0v) is 13.8. The number of carbonyl (C=O) groups excluding carboxylic acids is 1. The van der Waals surface area contributed by atoms with E-state index < -0.39 is 11.5 Å². The molecule has 0 spiro atoms. The van der Waals surface area contributed by atoms with Gasteiger partial charge in [0.25, 0.3) is 5.91 Å². The summed E-state index contributed by atoms with van der Waals surface area (Å²) in [6, 6.07) is 7.68. The first-order valence-electron chi connectivity index (χ1n) is 8.08. The van der Waals surface area contributed by atoms with Crippen molar-refractivity contribution in [1.82, 2.24) is 9.78 Å². The van der Waals surface area contributed by atoms with Gasteiger partial charge in [-0.1, -0.05) is 18.6 Å². The topological polar surface area (TPSA) is 84.2 Å². The molecule has 1 aromatic heterocycles. The highest BCUT2D eigenvalue weighted by molar-refractivity contribution is 6.04. The van der Waals surface area contributed by atoms with Gasteiger partial charge in [0.15, 0.2) is 5.54 Å². The van der Waals surface area contributed by atoms with Crippen LogP contribution in [0.15, 0.2) is 36.7 Å². The van der Waals surface area contributed by atoms with E-state index in [0.717, 1.165) is 0 Å². The Bertz CT molecular complexity index is 758. The molecule has 0 atom stereocenters. The number of anilines is 1. The average Bonchev–Trinajstić information content (AvgIpc) is 2.95. The number of rotatable bonds is 5. The normalized spacial score (nSPS) is 14.9. The Hall–Kier alpha value is -2.63. The molecule has 0 unspecified atom stereocenters. The highest BCUT2D eigenvalue weighted by Crippen LogP contribution is 2.36. The van der Waals surface area contributed by atoms with E-state index in [2.05, 4.69) is 10.4 Å². The second-order valence-corrected chi connectivity index (χ2v) is 6.74. The maximum Gasteiger partial charge on any atom is 0.331 e. The number of benzene rings is 1. The summed E-state index contributed by atoms with van der Waals surface area (Å²) in [6.07, 6.45) is 6.71.